The van der Waals surface area contributed by atoms with Gasteiger partial charge in [0, 0.05) is 28.2 Å². The molecule has 0 aliphatic rings. The minimum atomic E-state index is -0.565. The normalized spacial score (nSPS) is 11.2. The van der Waals surface area contributed by atoms with Crippen LogP contribution in [0.3, 0.4) is 0 Å². The van der Waals surface area contributed by atoms with Gasteiger partial charge in [0.1, 0.15) is 5.82 Å². The van der Waals surface area contributed by atoms with Gasteiger partial charge in [-0.3, -0.25) is 9.36 Å². The maximum atomic E-state index is 13.9. The number of pyridine rings is 1. The first-order valence-corrected chi connectivity index (χ1v) is 10.5. The van der Waals surface area contributed by atoms with Gasteiger partial charge in [0.25, 0.3) is 11.4 Å². The molecule has 0 aliphatic heterocycles. The highest BCUT2D eigenvalue weighted by Gasteiger charge is 2.18. The number of hydrogen-bond donors (Lipinski definition) is 0. The molecular formula is C25H17ClFN3O2. The lowest BCUT2D eigenvalue weighted by Crippen LogP contribution is -2.18. The number of aromatic nitrogens is 3. The van der Waals surface area contributed by atoms with Crippen molar-refractivity contribution in [2.75, 3.05) is 0 Å². The molecule has 0 bridgehead atoms. The van der Waals surface area contributed by atoms with Crippen molar-refractivity contribution in [3.63, 3.8) is 0 Å². The van der Waals surface area contributed by atoms with Crippen molar-refractivity contribution in [1.82, 2.24) is 14.7 Å². The molecule has 0 saturated carbocycles. The Balaban J connectivity index is 1.68. The van der Waals surface area contributed by atoms with E-state index in [0.29, 0.717) is 21.9 Å². The minimum Gasteiger partial charge on any atom is -0.334 e. The Hall–Kier alpha value is -3.77. The molecule has 0 aliphatic carbocycles. The Morgan fingerprint density at radius 1 is 1.03 bits per heavy atom. The van der Waals surface area contributed by atoms with Crippen LogP contribution in [0.15, 0.2) is 82.2 Å². The van der Waals surface area contributed by atoms with Crippen molar-refractivity contribution >= 4 is 22.4 Å². The van der Waals surface area contributed by atoms with Gasteiger partial charge in [-0.15, -0.1) is 0 Å². The molecule has 3 aromatic carbocycles. The Kier molecular flexibility index (Phi) is 5.07. The Morgan fingerprint density at radius 2 is 1.78 bits per heavy atom. The number of hydrogen-bond acceptors (Lipinski definition) is 4. The molecule has 5 nitrogen and oxygen atoms in total. The minimum absolute atomic E-state index is 0.0182. The van der Waals surface area contributed by atoms with Gasteiger partial charge in [-0.2, -0.15) is 4.98 Å². The lowest BCUT2D eigenvalue weighted by atomic mass is 10.1. The standard InChI is InChI=1S/C25H17ClFN3O2/c1-2-15-7-10-17(11-8-15)30-14-20(18-5-3-4-6-19(18)25(30)31)24-28-23(29-32-24)16-9-12-21(26)22(27)13-16/h3-14H,2H2,1H3. The summed E-state index contributed by atoms with van der Waals surface area (Å²) in [5.41, 5.74) is 2.81. The molecule has 0 saturated heterocycles. The predicted octanol–water partition coefficient (Wildman–Crippen LogP) is 6.06. The van der Waals surface area contributed by atoms with E-state index in [9.17, 15) is 9.18 Å². The van der Waals surface area contributed by atoms with Crippen molar-refractivity contribution in [3.05, 3.63) is 99.7 Å². The van der Waals surface area contributed by atoms with Crippen LogP contribution in [0.1, 0.15) is 12.5 Å². The second kappa shape index (κ2) is 8.05. The third kappa shape index (κ3) is 3.48. The van der Waals surface area contributed by atoms with Crippen LogP contribution < -0.4 is 5.56 Å². The lowest BCUT2D eigenvalue weighted by Gasteiger charge is -2.11. The number of nitrogens with zero attached hydrogens (tertiary/aromatic N) is 3. The third-order valence-corrected chi connectivity index (χ3v) is 5.69. The molecule has 32 heavy (non-hydrogen) atoms. The van der Waals surface area contributed by atoms with Gasteiger partial charge in [-0.25, -0.2) is 4.39 Å². The topological polar surface area (TPSA) is 60.9 Å². The van der Waals surface area contributed by atoms with Crippen LogP contribution in [0.25, 0.3) is 39.3 Å². The second-order valence-electron chi connectivity index (χ2n) is 7.34. The van der Waals surface area contributed by atoms with Crippen LogP contribution in [0, 0.1) is 5.82 Å². The zero-order valence-corrected chi connectivity index (χ0v) is 17.8. The second-order valence-corrected chi connectivity index (χ2v) is 7.74. The first kappa shape index (κ1) is 20.2. The average molecular weight is 446 g/mol. The Labute approximate surface area is 187 Å². The van der Waals surface area contributed by atoms with E-state index in [1.165, 1.54) is 17.7 Å². The summed E-state index contributed by atoms with van der Waals surface area (Å²) in [6.45, 7) is 2.08. The molecule has 0 atom stereocenters. The average Bonchev–Trinajstić information content (AvgIpc) is 3.31. The van der Waals surface area contributed by atoms with Crippen molar-refractivity contribution < 1.29 is 8.91 Å². The molecule has 0 fully saturated rings. The molecule has 0 N–H and O–H groups in total. The van der Waals surface area contributed by atoms with E-state index in [2.05, 4.69) is 17.1 Å². The summed E-state index contributed by atoms with van der Waals surface area (Å²) >= 11 is 5.77. The van der Waals surface area contributed by atoms with Crippen LogP contribution in [0.4, 0.5) is 4.39 Å². The number of aryl methyl sites for hydroxylation is 1. The van der Waals surface area contributed by atoms with Gasteiger partial charge in [-0.05, 0) is 48.4 Å². The molecular weight excluding hydrogens is 429 g/mol. The first-order chi connectivity index (χ1) is 15.5. The molecule has 2 heterocycles. The summed E-state index contributed by atoms with van der Waals surface area (Å²) in [6, 6.07) is 19.4. The van der Waals surface area contributed by atoms with E-state index in [4.69, 9.17) is 16.1 Å². The molecule has 0 radical (unpaired) electrons. The zero-order chi connectivity index (χ0) is 22.2. The fourth-order valence-corrected chi connectivity index (χ4v) is 3.75. The molecule has 7 heteroatoms. The van der Waals surface area contributed by atoms with Gasteiger partial charge in [-0.1, -0.05) is 54.0 Å². The highest BCUT2D eigenvalue weighted by Crippen LogP contribution is 2.29. The number of rotatable bonds is 4. The zero-order valence-electron chi connectivity index (χ0n) is 17.0. The van der Waals surface area contributed by atoms with Crippen LogP contribution in [-0.4, -0.2) is 14.7 Å². The van der Waals surface area contributed by atoms with Gasteiger partial charge in [0.2, 0.25) is 5.82 Å². The van der Waals surface area contributed by atoms with Crippen LogP contribution in [0.2, 0.25) is 5.02 Å². The smallest absolute Gasteiger partial charge is 0.262 e. The van der Waals surface area contributed by atoms with Crippen molar-refractivity contribution in [3.8, 4) is 28.5 Å². The summed E-state index contributed by atoms with van der Waals surface area (Å²) in [4.78, 5) is 17.7. The summed E-state index contributed by atoms with van der Waals surface area (Å²) in [5, 5.41) is 5.24. The van der Waals surface area contributed by atoms with Gasteiger partial charge >= 0.3 is 0 Å². The van der Waals surface area contributed by atoms with Crippen molar-refractivity contribution in [2.45, 2.75) is 13.3 Å². The highest BCUT2D eigenvalue weighted by molar-refractivity contribution is 6.30. The number of halogens is 2. The van der Waals surface area contributed by atoms with Gasteiger partial charge in [0.05, 0.1) is 10.6 Å². The van der Waals surface area contributed by atoms with Crippen LogP contribution in [0.5, 0.6) is 0 Å². The third-order valence-electron chi connectivity index (χ3n) is 5.38. The van der Waals surface area contributed by atoms with Crippen LogP contribution in [-0.2, 0) is 6.42 Å². The van der Waals surface area contributed by atoms with E-state index in [0.717, 1.165) is 12.1 Å². The monoisotopic (exact) mass is 445 g/mol. The van der Waals surface area contributed by atoms with Gasteiger partial charge < -0.3 is 4.52 Å². The largest absolute Gasteiger partial charge is 0.334 e. The number of fused-ring (bicyclic) bond motifs is 1. The first-order valence-electron chi connectivity index (χ1n) is 10.1. The molecule has 0 spiro atoms. The molecule has 0 unspecified atom stereocenters. The molecule has 158 valence electrons. The summed E-state index contributed by atoms with van der Waals surface area (Å²) in [5.74, 6) is -0.111. The van der Waals surface area contributed by atoms with Crippen molar-refractivity contribution in [2.24, 2.45) is 0 Å². The van der Waals surface area contributed by atoms with E-state index in [1.54, 1.807) is 22.9 Å². The lowest BCUT2D eigenvalue weighted by molar-refractivity contribution is 0.432. The fraction of sp³-hybridized carbons (Fsp3) is 0.0800. The molecule has 5 aromatic rings. The molecule has 5 rings (SSSR count). The summed E-state index contributed by atoms with van der Waals surface area (Å²) in [7, 11) is 0. The predicted molar refractivity (Wildman–Crippen MR) is 123 cm³/mol. The number of benzene rings is 3. The molecule has 2 aromatic heterocycles. The highest BCUT2D eigenvalue weighted by atomic mass is 35.5. The van der Waals surface area contributed by atoms with Crippen LogP contribution >= 0.6 is 11.6 Å². The van der Waals surface area contributed by atoms with Gasteiger partial charge in [0.15, 0.2) is 0 Å². The summed E-state index contributed by atoms with van der Waals surface area (Å²) in [6.07, 6.45) is 2.61. The summed E-state index contributed by atoms with van der Waals surface area (Å²) < 4.78 is 21.0. The Bertz CT molecular complexity index is 1510. The van der Waals surface area contributed by atoms with E-state index in [1.807, 2.05) is 42.5 Å². The van der Waals surface area contributed by atoms with Crippen molar-refractivity contribution in [1.29, 1.82) is 0 Å². The van der Waals surface area contributed by atoms with E-state index >= 15 is 0 Å². The SMILES string of the molecule is CCc1ccc(-n2cc(-c3nc(-c4ccc(Cl)c(F)c4)no3)c3ccccc3c2=O)cc1. The Morgan fingerprint density at radius 3 is 2.50 bits per heavy atom. The quantitative estimate of drug-likeness (QED) is 0.337. The van der Waals surface area contributed by atoms with E-state index in [-0.39, 0.29) is 22.3 Å². The fourth-order valence-electron chi connectivity index (χ4n) is 3.63. The maximum absolute atomic E-state index is 13.9. The maximum Gasteiger partial charge on any atom is 0.262 e. The molecule has 0 amide bonds. The van der Waals surface area contributed by atoms with E-state index < -0.39 is 5.82 Å².